The van der Waals surface area contributed by atoms with Crippen molar-refractivity contribution in [2.24, 2.45) is 0 Å². The van der Waals surface area contributed by atoms with Crippen molar-refractivity contribution in [1.29, 1.82) is 0 Å². The van der Waals surface area contributed by atoms with Gasteiger partial charge in [-0.05, 0) is 6.92 Å². The molecule has 11 N–H and O–H groups in total. The van der Waals surface area contributed by atoms with E-state index >= 15 is 0 Å². The van der Waals surface area contributed by atoms with E-state index in [2.05, 4.69) is 0 Å². The summed E-state index contributed by atoms with van der Waals surface area (Å²) in [6.07, 6.45) is -28.8. The predicted octanol–water partition coefficient (Wildman–Crippen LogP) is -7.44. The third kappa shape index (κ3) is 6.44. The molecule has 0 aromatic carbocycles. The van der Waals surface area contributed by atoms with Crippen LogP contribution >= 0.6 is 0 Å². The minimum absolute atomic E-state index is 0.397. The first kappa shape index (κ1) is 32.2. The van der Waals surface area contributed by atoms with Gasteiger partial charge in [-0.2, -0.15) is 0 Å². The van der Waals surface area contributed by atoms with Gasteiger partial charge >= 0.3 is 0 Å². The number of rotatable bonds is 7. The molecule has 0 bridgehead atoms. The van der Waals surface area contributed by atoms with Gasteiger partial charge in [0, 0.05) is 0 Å². The number of ether oxygens (including phenoxy) is 7. The van der Waals surface area contributed by atoms with Gasteiger partial charge < -0.3 is 89.3 Å². The average molecular weight is 591 g/mol. The Labute approximate surface area is 227 Å². The van der Waals surface area contributed by atoms with E-state index in [4.69, 9.17) is 33.2 Å². The molecule has 4 saturated heterocycles. The molecule has 0 spiro atoms. The third-order valence-corrected chi connectivity index (χ3v) is 7.41. The van der Waals surface area contributed by atoms with E-state index in [0.717, 1.165) is 0 Å². The van der Waals surface area contributed by atoms with Crippen LogP contribution in [0.5, 0.6) is 0 Å². The highest BCUT2D eigenvalue weighted by Crippen LogP contribution is 2.32. The van der Waals surface area contributed by atoms with Crippen molar-refractivity contribution in [3.05, 3.63) is 0 Å². The molecular formula is C22H38O18. The molecule has 4 aliphatic heterocycles. The lowest BCUT2D eigenvalue weighted by Gasteiger charge is -2.47. The summed E-state index contributed by atoms with van der Waals surface area (Å²) < 4.78 is 38.1. The molecule has 0 aliphatic carbocycles. The van der Waals surface area contributed by atoms with E-state index in [9.17, 15) is 56.2 Å². The van der Waals surface area contributed by atoms with E-state index in [1.807, 2.05) is 0 Å². The molecule has 4 aliphatic rings. The van der Waals surface area contributed by atoms with E-state index < -0.39 is 130 Å². The Hall–Kier alpha value is -0.720. The second-order valence-electron chi connectivity index (χ2n) is 10.2. The Kier molecular flexibility index (Phi) is 10.7. The Bertz CT molecular complexity index is 808. The lowest BCUT2D eigenvalue weighted by Crippen LogP contribution is -2.65. The topological polar surface area (TPSA) is 287 Å². The highest BCUT2D eigenvalue weighted by molar-refractivity contribution is 4.95. The first-order chi connectivity index (χ1) is 18.8. The zero-order valence-electron chi connectivity index (χ0n) is 21.3. The van der Waals surface area contributed by atoms with Gasteiger partial charge in [0.25, 0.3) is 0 Å². The van der Waals surface area contributed by atoms with Crippen LogP contribution in [0, 0.1) is 0 Å². The van der Waals surface area contributed by atoms with Crippen molar-refractivity contribution >= 4 is 0 Å². The monoisotopic (exact) mass is 590 g/mol. The maximum Gasteiger partial charge on any atom is 0.187 e. The molecule has 0 aromatic heterocycles. The minimum Gasteiger partial charge on any atom is -0.394 e. The average Bonchev–Trinajstić information content (AvgIpc) is 2.93. The van der Waals surface area contributed by atoms with Gasteiger partial charge in [0.2, 0.25) is 0 Å². The summed E-state index contributed by atoms with van der Waals surface area (Å²) >= 11 is 0. The summed E-state index contributed by atoms with van der Waals surface area (Å²) in [4.78, 5) is 0. The number of aliphatic hydroxyl groups is 11. The quantitative estimate of drug-likeness (QED) is 0.131. The molecule has 0 radical (unpaired) electrons. The molecular weight excluding hydrogens is 552 g/mol. The largest absolute Gasteiger partial charge is 0.394 e. The van der Waals surface area contributed by atoms with Crippen molar-refractivity contribution in [3.8, 4) is 0 Å². The molecule has 18 heteroatoms. The fourth-order valence-corrected chi connectivity index (χ4v) is 4.87. The number of hydrogen-bond donors (Lipinski definition) is 11. The summed E-state index contributed by atoms with van der Waals surface area (Å²) in [7, 11) is 0. The van der Waals surface area contributed by atoms with E-state index in [1.165, 1.54) is 6.92 Å². The van der Waals surface area contributed by atoms with Gasteiger partial charge in [0.05, 0.1) is 25.9 Å². The fourth-order valence-electron chi connectivity index (χ4n) is 4.87. The zero-order chi connectivity index (χ0) is 29.5. The molecule has 18 atom stereocenters. The summed E-state index contributed by atoms with van der Waals surface area (Å²) in [5.41, 5.74) is 0. The maximum absolute atomic E-state index is 11.2. The maximum atomic E-state index is 11.2. The molecule has 0 unspecified atom stereocenters. The lowest BCUT2D eigenvalue weighted by molar-refractivity contribution is -0.385. The molecule has 0 saturated carbocycles. The van der Waals surface area contributed by atoms with Gasteiger partial charge in [-0.15, -0.1) is 0 Å². The van der Waals surface area contributed by atoms with Crippen LogP contribution in [0.2, 0.25) is 0 Å². The van der Waals surface area contributed by atoms with Crippen molar-refractivity contribution in [2.45, 2.75) is 118 Å². The smallest absolute Gasteiger partial charge is 0.187 e. The van der Waals surface area contributed by atoms with Crippen LogP contribution < -0.4 is 0 Å². The van der Waals surface area contributed by atoms with E-state index in [1.54, 1.807) is 0 Å². The molecule has 0 aromatic rings. The molecule has 4 heterocycles. The Morgan fingerprint density at radius 1 is 0.575 bits per heavy atom. The van der Waals surface area contributed by atoms with Crippen molar-refractivity contribution in [1.82, 2.24) is 0 Å². The van der Waals surface area contributed by atoms with Gasteiger partial charge in [-0.3, -0.25) is 0 Å². The molecule has 234 valence electrons. The van der Waals surface area contributed by atoms with Crippen molar-refractivity contribution < 1.29 is 89.3 Å². The van der Waals surface area contributed by atoms with Crippen LogP contribution in [-0.2, 0) is 33.2 Å². The van der Waals surface area contributed by atoms with Gasteiger partial charge in [-0.25, -0.2) is 0 Å². The van der Waals surface area contributed by atoms with E-state index in [-0.39, 0.29) is 0 Å². The molecule has 4 rings (SSSR count). The van der Waals surface area contributed by atoms with Gasteiger partial charge in [0.15, 0.2) is 25.2 Å². The zero-order valence-corrected chi connectivity index (χ0v) is 21.3. The lowest BCUT2D eigenvalue weighted by atomic mass is 9.98. The SMILES string of the molecule is C[C@H]1O[C@@H](O[C@H]2[C@H](O[C@@H]3[C@@H](O)[C@H](O)O[C@H](CO)[C@H]3O)OC[C@@H](O[C@@H]3OC[C@@H](O)[C@H](O)[C@H]3O)[C@@H]2O)[C@H](O)[C@@H](O)[C@@H]1O. The van der Waals surface area contributed by atoms with Gasteiger partial charge in [0.1, 0.15) is 79.4 Å². The molecule has 18 nitrogen and oxygen atoms in total. The first-order valence-electron chi connectivity index (χ1n) is 12.8. The minimum atomic E-state index is -1.87. The number of hydrogen-bond acceptors (Lipinski definition) is 18. The summed E-state index contributed by atoms with van der Waals surface area (Å²) in [6, 6.07) is 0. The predicted molar refractivity (Wildman–Crippen MR) is 120 cm³/mol. The Balaban J connectivity index is 1.54. The normalized spacial score (nSPS) is 54.3. The van der Waals surface area contributed by atoms with Crippen LogP contribution in [0.15, 0.2) is 0 Å². The van der Waals surface area contributed by atoms with Crippen LogP contribution in [0.3, 0.4) is 0 Å². The van der Waals surface area contributed by atoms with Crippen molar-refractivity contribution in [3.63, 3.8) is 0 Å². The molecule has 4 fully saturated rings. The summed E-state index contributed by atoms with van der Waals surface area (Å²) in [5, 5.41) is 112. The Morgan fingerprint density at radius 2 is 1.20 bits per heavy atom. The second-order valence-corrected chi connectivity index (χ2v) is 10.2. The first-order valence-corrected chi connectivity index (χ1v) is 12.8. The Morgan fingerprint density at radius 3 is 1.88 bits per heavy atom. The van der Waals surface area contributed by atoms with E-state index in [0.29, 0.717) is 0 Å². The highest BCUT2D eigenvalue weighted by atomic mass is 16.8. The summed E-state index contributed by atoms with van der Waals surface area (Å²) in [6.45, 7) is -0.244. The fraction of sp³-hybridized carbons (Fsp3) is 1.00. The van der Waals surface area contributed by atoms with Crippen LogP contribution in [0.4, 0.5) is 0 Å². The van der Waals surface area contributed by atoms with Crippen molar-refractivity contribution in [2.75, 3.05) is 19.8 Å². The van der Waals surface area contributed by atoms with Gasteiger partial charge in [-0.1, -0.05) is 0 Å². The van der Waals surface area contributed by atoms with Crippen LogP contribution in [0.1, 0.15) is 6.92 Å². The van der Waals surface area contributed by atoms with Crippen LogP contribution in [-0.4, -0.2) is 187 Å². The molecule has 40 heavy (non-hydrogen) atoms. The molecule has 0 amide bonds. The third-order valence-electron chi connectivity index (χ3n) is 7.41. The number of aliphatic hydroxyl groups excluding tert-OH is 11. The summed E-state index contributed by atoms with van der Waals surface area (Å²) in [5.74, 6) is 0. The highest BCUT2D eigenvalue weighted by Gasteiger charge is 2.53. The standard InChI is InChI=1S/C22H38O18/c1-5-9(25)13(29)15(31)21(36-5)40-18-12(28)8(38-20-14(30)10(26)6(24)3-34-20)4-35-22(18)39-17-11(27)7(2-23)37-19(33)16(17)32/h5-33H,2-4H2,1H3/t5-,6-,7-,8-,9-,10+,11-,12+,13+,14-,15-,16-,17+,18-,19-,20+,21+,22+/m1/s1. The van der Waals surface area contributed by atoms with Crippen LogP contribution in [0.25, 0.3) is 0 Å². The second kappa shape index (κ2) is 13.3.